The lowest BCUT2D eigenvalue weighted by atomic mass is 10.3. The summed E-state index contributed by atoms with van der Waals surface area (Å²) >= 11 is 0. The van der Waals surface area contributed by atoms with Crippen LogP contribution in [0, 0.1) is 0 Å². The normalized spacial score (nSPS) is 13.1. The van der Waals surface area contributed by atoms with Gasteiger partial charge in [0.15, 0.2) is 0 Å². The standard InChI is InChI=1S/C9H9N3O2/c1-14-9(13)12-8-10-6-4-2-3-5-7(6)11-8/h2-5H,1H3,(H2,10,11,12,13)/i2D,3D,4D. The zero-order valence-electron chi connectivity index (χ0n) is 10.3. The van der Waals surface area contributed by atoms with Crippen LogP contribution in [0.4, 0.5) is 10.7 Å². The fraction of sp³-hybridized carbons (Fsp3) is 0.111. The first-order valence-electron chi connectivity index (χ1n) is 5.34. The Labute approximate surface area is 84.3 Å². The van der Waals surface area contributed by atoms with Crippen molar-refractivity contribution in [3.63, 3.8) is 0 Å². The number of aromatic amines is 1. The van der Waals surface area contributed by atoms with Gasteiger partial charge in [0.1, 0.15) is 0 Å². The van der Waals surface area contributed by atoms with Gasteiger partial charge in [-0.1, -0.05) is 12.1 Å². The van der Waals surface area contributed by atoms with Crippen molar-refractivity contribution >= 4 is 23.1 Å². The van der Waals surface area contributed by atoms with Crippen molar-refractivity contribution in [3.8, 4) is 0 Å². The zero-order valence-corrected chi connectivity index (χ0v) is 7.34. The van der Waals surface area contributed by atoms with E-state index in [2.05, 4.69) is 20.0 Å². The number of methoxy groups -OCH3 is 1. The highest BCUT2D eigenvalue weighted by atomic mass is 16.5. The zero-order chi connectivity index (χ0) is 12.6. The smallest absolute Gasteiger partial charge is 0.413 e. The minimum Gasteiger partial charge on any atom is -0.453 e. The molecule has 0 bridgehead atoms. The van der Waals surface area contributed by atoms with E-state index < -0.39 is 6.09 Å². The van der Waals surface area contributed by atoms with Gasteiger partial charge in [0.25, 0.3) is 0 Å². The van der Waals surface area contributed by atoms with Crippen molar-refractivity contribution in [1.82, 2.24) is 9.97 Å². The van der Waals surface area contributed by atoms with Gasteiger partial charge in [-0.05, 0) is 12.1 Å². The number of hydrogen-bond acceptors (Lipinski definition) is 3. The maximum atomic E-state index is 11.0. The van der Waals surface area contributed by atoms with Crippen molar-refractivity contribution < 1.29 is 13.6 Å². The van der Waals surface area contributed by atoms with Gasteiger partial charge in [-0.3, -0.25) is 5.32 Å². The third-order valence-electron chi connectivity index (χ3n) is 1.61. The molecule has 2 rings (SSSR count). The summed E-state index contributed by atoms with van der Waals surface area (Å²) in [6.07, 6.45) is -0.687. The van der Waals surface area contributed by atoms with E-state index in [1.54, 1.807) is 0 Å². The van der Waals surface area contributed by atoms with Crippen molar-refractivity contribution in [2.75, 3.05) is 12.4 Å². The van der Waals surface area contributed by atoms with Gasteiger partial charge in [0, 0.05) is 0 Å². The lowest BCUT2D eigenvalue weighted by molar-refractivity contribution is 0.186. The van der Waals surface area contributed by atoms with Crippen LogP contribution in [-0.4, -0.2) is 23.2 Å². The molecule has 0 unspecified atom stereocenters. The van der Waals surface area contributed by atoms with Gasteiger partial charge in [0.2, 0.25) is 5.95 Å². The van der Waals surface area contributed by atoms with Crippen LogP contribution >= 0.6 is 0 Å². The highest BCUT2D eigenvalue weighted by Crippen LogP contribution is 2.12. The summed E-state index contributed by atoms with van der Waals surface area (Å²) in [5, 5.41) is 2.31. The summed E-state index contributed by atoms with van der Waals surface area (Å²) in [6, 6.07) is 0.955. The third-order valence-corrected chi connectivity index (χ3v) is 1.61. The number of ether oxygens (including phenoxy) is 1. The van der Waals surface area contributed by atoms with Crippen LogP contribution in [0.15, 0.2) is 24.2 Å². The molecular weight excluding hydrogens is 182 g/mol. The molecule has 1 amide bonds. The number of para-hydroxylation sites is 2. The Morgan fingerprint density at radius 2 is 2.57 bits per heavy atom. The van der Waals surface area contributed by atoms with Gasteiger partial charge in [-0.15, -0.1) is 0 Å². The van der Waals surface area contributed by atoms with Crippen molar-refractivity contribution in [2.24, 2.45) is 0 Å². The van der Waals surface area contributed by atoms with Crippen LogP contribution in [0.1, 0.15) is 4.11 Å². The Kier molecular flexibility index (Phi) is 1.36. The van der Waals surface area contributed by atoms with E-state index in [0.717, 1.165) is 0 Å². The SMILES string of the molecule is [2H]c1cc2[nH]c(NC(=O)OC)nc2c([2H])c1[2H]. The summed E-state index contributed by atoms with van der Waals surface area (Å²) in [5.41, 5.74) is 0.653. The summed E-state index contributed by atoms with van der Waals surface area (Å²) < 4.78 is 27.0. The van der Waals surface area contributed by atoms with Gasteiger partial charge in [-0.2, -0.15) is 0 Å². The molecule has 0 spiro atoms. The predicted octanol–water partition coefficient (Wildman–Crippen LogP) is 1.74. The number of anilines is 1. The molecule has 0 radical (unpaired) electrons. The molecule has 0 aliphatic heterocycles. The number of carbonyl (C=O) groups is 1. The fourth-order valence-corrected chi connectivity index (χ4v) is 0.997. The van der Waals surface area contributed by atoms with Gasteiger partial charge >= 0.3 is 6.09 Å². The number of amides is 1. The van der Waals surface area contributed by atoms with Crippen LogP contribution in [-0.2, 0) is 4.74 Å². The molecule has 1 aromatic carbocycles. The van der Waals surface area contributed by atoms with Crippen molar-refractivity contribution in [2.45, 2.75) is 0 Å². The molecule has 0 atom stereocenters. The maximum absolute atomic E-state index is 11.0. The molecule has 2 N–H and O–H groups in total. The van der Waals surface area contributed by atoms with E-state index in [9.17, 15) is 4.79 Å². The van der Waals surface area contributed by atoms with Gasteiger partial charge in [-0.25, -0.2) is 9.78 Å². The molecule has 5 nitrogen and oxygen atoms in total. The van der Waals surface area contributed by atoms with E-state index in [1.807, 2.05) is 0 Å². The summed E-state index contributed by atoms with van der Waals surface area (Å²) in [5.74, 6) is 0.116. The van der Waals surface area contributed by atoms with Crippen LogP contribution in [0.3, 0.4) is 0 Å². The number of aromatic nitrogens is 2. The fourth-order valence-electron chi connectivity index (χ4n) is 0.997. The van der Waals surface area contributed by atoms with Gasteiger partial charge in [0.05, 0.1) is 22.3 Å². The highest BCUT2D eigenvalue weighted by molar-refractivity contribution is 5.85. The number of rotatable bonds is 1. The molecule has 1 aromatic heterocycles. The first-order valence-corrected chi connectivity index (χ1v) is 3.84. The molecule has 14 heavy (non-hydrogen) atoms. The van der Waals surface area contributed by atoms with Crippen LogP contribution < -0.4 is 5.32 Å². The van der Waals surface area contributed by atoms with Crippen LogP contribution in [0.5, 0.6) is 0 Å². The van der Waals surface area contributed by atoms with E-state index in [0.29, 0.717) is 5.52 Å². The third kappa shape index (κ3) is 1.52. The lowest BCUT2D eigenvalue weighted by Gasteiger charge is -1.96. The summed E-state index contributed by atoms with van der Waals surface area (Å²) in [4.78, 5) is 17.6. The Balaban J connectivity index is 2.50. The van der Waals surface area contributed by atoms with Crippen molar-refractivity contribution in [3.05, 3.63) is 24.2 Å². The molecule has 0 fully saturated rings. The quantitative estimate of drug-likeness (QED) is 0.726. The second kappa shape index (κ2) is 3.37. The lowest BCUT2D eigenvalue weighted by Crippen LogP contribution is -2.11. The van der Waals surface area contributed by atoms with E-state index in [4.69, 9.17) is 4.11 Å². The van der Waals surface area contributed by atoms with E-state index in [1.165, 1.54) is 13.2 Å². The number of nitrogens with zero attached hydrogens (tertiary/aromatic N) is 1. The highest BCUT2D eigenvalue weighted by Gasteiger charge is 2.04. The Bertz CT molecular complexity index is 597. The topological polar surface area (TPSA) is 67.0 Å². The second-order valence-corrected chi connectivity index (χ2v) is 2.50. The summed E-state index contributed by atoms with van der Waals surface area (Å²) in [7, 11) is 1.22. The monoisotopic (exact) mass is 194 g/mol. The minimum atomic E-state index is -0.687. The number of H-pyrrole nitrogens is 1. The molecule has 0 saturated heterocycles. The number of nitrogens with one attached hydrogen (secondary N) is 2. The molecule has 0 saturated carbocycles. The Hall–Kier alpha value is -2.04. The molecule has 2 aromatic rings. The Morgan fingerprint density at radius 3 is 3.36 bits per heavy atom. The number of benzene rings is 1. The van der Waals surface area contributed by atoms with E-state index >= 15 is 0 Å². The Morgan fingerprint density at radius 1 is 1.71 bits per heavy atom. The van der Waals surface area contributed by atoms with Gasteiger partial charge < -0.3 is 9.72 Å². The largest absolute Gasteiger partial charge is 0.453 e. The molecular formula is C9H9N3O2. The maximum Gasteiger partial charge on any atom is 0.413 e. The number of carbonyl (C=O) groups excluding carboxylic acids is 1. The average molecular weight is 194 g/mol. The number of imidazole rings is 1. The molecule has 1 heterocycles. The summed E-state index contributed by atoms with van der Waals surface area (Å²) in [6.45, 7) is 0. The van der Waals surface area contributed by atoms with Crippen LogP contribution in [0.2, 0.25) is 0 Å². The first kappa shape index (κ1) is 5.64. The second-order valence-electron chi connectivity index (χ2n) is 2.50. The molecule has 5 heteroatoms. The average Bonchev–Trinajstić information content (AvgIpc) is 2.68. The van der Waals surface area contributed by atoms with E-state index in [-0.39, 0.29) is 29.6 Å². The molecule has 72 valence electrons. The van der Waals surface area contributed by atoms with Crippen molar-refractivity contribution in [1.29, 1.82) is 0 Å². The molecule has 0 aliphatic rings. The van der Waals surface area contributed by atoms with Crippen LogP contribution in [0.25, 0.3) is 11.0 Å². The predicted molar refractivity (Wildman–Crippen MR) is 52.1 cm³/mol. The first-order chi connectivity index (χ1) is 8.02. The minimum absolute atomic E-state index is 0.0734. The number of hydrogen-bond donors (Lipinski definition) is 2. The molecule has 0 aliphatic carbocycles. The number of fused-ring (bicyclic) bond motifs is 1.